The largest absolute Gasteiger partial charge is 0.378 e. The molecule has 110 valence electrons. The standard InChI is InChI=1S/C16H19N3O2/c1-12-3-4-14(13(2)9-12)19-11-17-10-15(19)16(20)18-5-7-21-8-6-18/h3-4,9-11H,5-8H2,1-2H3. The average molecular weight is 285 g/mol. The predicted octanol–water partition coefficient (Wildman–Crippen LogP) is 1.96. The Labute approximate surface area is 124 Å². The van der Waals surface area contributed by atoms with Crippen LogP contribution in [0.2, 0.25) is 0 Å². The van der Waals surface area contributed by atoms with Crippen molar-refractivity contribution < 1.29 is 9.53 Å². The highest BCUT2D eigenvalue weighted by molar-refractivity contribution is 5.93. The molecule has 5 heteroatoms. The number of ether oxygens (including phenoxy) is 1. The van der Waals surface area contributed by atoms with Crippen molar-refractivity contribution in [3.05, 3.63) is 47.5 Å². The lowest BCUT2D eigenvalue weighted by Crippen LogP contribution is -2.41. The van der Waals surface area contributed by atoms with E-state index in [0.717, 1.165) is 11.3 Å². The summed E-state index contributed by atoms with van der Waals surface area (Å²) in [5.74, 6) is 0.00998. The van der Waals surface area contributed by atoms with Crippen LogP contribution in [0.4, 0.5) is 0 Å². The number of hydrogen-bond donors (Lipinski definition) is 0. The van der Waals surface area contributed by atoms with Crippen LogP contribution in [0.15, 0.2) is 30.7 Å². The molecule has 5 nitrogen and oxygen atoms in total. The summed E-state index contributed by atoms with van der Waals surface area (Å²) in [6.45, 7) is 6.58. The smallest absolute Gasteiger partial charge is 0.272 e. The van der Waals surface area contributed by atoms with E-state index in [1.54, 1.807) is 12.5 Å². The van der Waals surface area contributed by atoms with Crippen molar-refractivity contribution >= 4 is 5.91 Å². The van der Waals surface area contributed by atoms with Crippen LogP contribution in [-0.4, -0.2) is 46.7 Å². The molecule has 0 N–H and O–H groups in total. The summed E-state index contributed by atoms with van der Waals surface area (Å²) in [7, 11) is 0. The van der Waals surface area contributed by atoms with Gasteiger partial charge >= 0.3 is 0 Å². The first-order chi connectivity index (χ1) is 10.2. The Morgan fingerprint density at radius 2 is 2.00 bits per heavy atom. The van der Waals surface area contributed by atoms with E-state index in [9.17, 15) is 4.79 Å². The minimum atomic E-state index is 0.00998. The molecule has 0 unspecified atom stereocenters. The number of carbonyl (C=O) groups is 1. The minimum Gasteiger partial charge on any atom is -0.378 e. The van der Waals surface area contributed by atoms with Gasteiger partial charge < -0.3 is 9.64 Å². The van der Waals surface area contributed by atoms with Gasteiger partial charge in [0.15, 0.2) is 0 Å². The summed E-state index contributed by atoms with van der Waals surface area (Å²) in [5, 5.41) is 0. The summed E-state index contributed by atoms with van der Waals surface area (Å²) in [5.41, 5.74) is 3.93. The zero-order valence-electron chi connectivity index (χ0n) is 12.4. The van der Waals surface area contributed by atoms with Gasteiger partial charge in [0.2, 0.25) is 0 Å². The molecule has 0 saturated carbocycles. The fraction of sp³-hybridized carbons (Fsp3) is 0.375. The number of aromatic nitrogens is 2. The topological polar surface area (TPSA) is 47.4 Å². The second-order valence-corrected chi connectivity index (χ2v) is 5.34. The number of benzene rings is 1. The first-order valence-electron chi connectivity index (χ1n) is 7.14. The first kappa shape index (κ1) is 13.8. The summed E-state index contributed by atoms with van der Waals surface area (Å²) < 4.78 is 7.17. The molecule has 1 amide bonds. The van der Waals surface area contributed by atoms with Crippen molar-refractivity contribution in [2.45, 2.75) is 13.8 Å². The Kier molecular flexibility index (Phi) is 3.75. The van der Waals surface area contributed by atoms with Gasteiger partial charge in [-0.3, -0.25) is 9.36 Å². The zero-order valence-corrected chi connectivity index (χ0v) is 12.4. The van der Waals surface area contributed by atoms with Crippen molar-refractivity contribution in [1.29, 1.82) is 0 Å². The van der Waals surface area contributed by atoms with Crippen LogP contribution in [0.3, 0.4) is 0 Å². The normalized spacial score (nSPS) is 15.2. The second-order valence-electron chi connectivity index (χ2n) is 5.34. The fourth-order valence-corrected chi connectivity index (χ4v) is 2.65. The van der Waals surface area contributed by atoms with Gasteiger partial charge in [0.25, 0.3) is 5.91 Å². The van der Waals surface area contributed by atoms with Crippen molar-refractivity contribution in [1.82, 2.24) is 14.5 Å². The molecule has 2 aromatic rings. The highest BCUT2D eigenvalue weighted by Crippen LogP contribution is 2.19. The molecule has 1 aliphatic heterocycles. The summed E-state index contributed by atoms with van der Waals surface area (Å²) in [6.07, 6.45) is 3.34. The average Bonchev–Trinajstić information content (AvgIpc) is 2.96. The van der Waals surface area contributed by atoms with Crippen LogP contribution < -0.4 is 0 Å². The molecule has 0 spiro atoms. The van der Waals surface area contributed by atoms with E-state index in [0.29, 0.717) is 32.0 Å². The maximum absolute atomic E-state index is 12.6. The Balaban J connectivity index is 1.95. The molecule has 1 fully saturated rings. The SMILES string of the molecule is Cc1ccc(-n2cncc2C(=O)N2CCOCC2)c(C)c1. The van der Waals surface area contributed by atoms with Gasteiger partial charge in [-0.15, -0.1) is 0 Å². The number of carbonyl (C=O) groups excluding carboxylic acids is 1. The number of amides is 1. The highest BCUT2D eigenvalue weighted by Gasteiger charge is 2.22. The molecule has 0 aliphatic carbocycles. The number of imidazole rings is 1. The first-order valence-corrected chi connectivity index (χ1v) is 7.14. The third-order valence-corrected chi connectivity index (χ3v) is 3.77. The number of hydrogen-bond acceptors (Lipinski definition) is 3. The monoisotopic (exact) mass is 285 g/mol. The van der Waals surface area contributed by atoms with E-state index in [1.807, 2.05) is 28.5 Å². The molecule has 2 heterocycles. The Bertz CT molecular complexity index is 657. The van der Waals surface area contributed by atoms with Crippen LogP contribution in [0.25, 0.3) is 5.69 Å². The minimum absolute atomic E-state index is 0.00998. The molecule has 1 saturated heterocycles. The molecule has 0 bridgehead atoms. The molecule has 1 aliphatic rings. The van der Waals surface area contributed by atoms with Gasteiger partial charge in [-0.25, -0.2) is 4.98 Å². The molecule has 3 rings (SSSR count). The Morgan fingerprint density at radius 1 is 1.24 bits per heavy atom. The molecule has 21 heavy (non-hydrogen) atoms. The van der Waals surface area contributed by atoms with E-state index in [-0.39, 0.29) is 5.91 Å². The van der Waals surface area contributed by atoms with E-state index < -0.39 is 0 Å². The quantitative estimate of drug-likeness (QED) is 0.847. The van der Waals surface area contributed by atoms with E-state index in [1.165, 1.54) is 5.56 Å². The van der Waals surface area contributed by atoms with Crippen molar-refractivity contribution in [3.8, 4) is 5.69 Å². The lowest BCUT2D eigenvalue weighted by molar-refractivity contribution is 0.0297. The van der Waals surface area contributed by atoms with Gasteiger partial charge in [0.1, 0.15) is 5.69 Å². The summed E-state index contributed by atoms with van der Waals surface area (Å²) in [4.78, 5) is 18.6. The molecule has 0 radical (unpaired) electrons. The molecule has 1 aromatic carbocycles. The van der Waals surface area contributed by atoms with Crippen molar-refractivity contribution in [2.75, 3.05) is 26.3 Å². The zero-order chi connectivity index (χ0) is 14.8. The third-order valence-electron chi connectivity index (χ3n) is 3.77. The van der Waals surface area contributed by atoms with Crippen LogP contribution in [0.1, 0.15) is 21.6 Å². The van der Waals surface area contributed by atoms with Gasteiger partial charge in [-0.1, -0.05) is 17.7 Å². The number of nitrogens with zero attached hydrogens (tertiary/aromatic N) is 3. The van der Waals surface area contributed by atoms with Gasteiger partial charge in [0.05, 0.1) is 31.4 Å². The molecule has 1 aromatic heterocycles. The Hall–Kier alpha value is -2.14. The van der Waals surface area contributed by atoms with Gasteiger partial charge in [-0.2, -0.15) is 0 Å². The molecule has 0 atom stereocenters. The van der Waals surface area contributed by atoms with E-state index >= 15 is 0 Å². The van der Waals surface area contributed by atoms with Crippen LogP contribution in [0, 0.1) is 13.8 Å². The van der Waals surface area contributed by atoms with Crippen molar-refractivity contribution in [2.24, 2.45) is 0 Å². The second kappa shape index (κ2) is 5.69. The fourth-order valence-electron chi connectivity index (χ4n) is 2.65. The molecular formula is C16H19N3O2. The maximum atomic E-state index is 12.6. The number of rotatable bonds is 2. The van der Waals surface area contributed by atoms with Gasteiger partial charge in [0, 0.05) is 13.1 Å². The Morgan fingerprint density at radius 3 is 2.71 bits per heavy atom. The number of aryl methyl sites for hydroxylation is 2. The van der Waals surface area contributed by atoms with Gasteiger partial charge in [-0.05, 0) is 25.5 Å². The van der Waals surface area contributed by atoms with E-state index in [2.05, 4.69) is 18.0 Å². The van der Waals surface area contributed by atoms with Crippen LogP contribution in [-0.2, 0) is 4.74 Å². The predicted molar refractivity (Wildman–Crippen MR) is 79.8 cm³/mol. The maximum Gasteiger partial charge on any atom is 0.272 e. The van der Waals surface area contributed by atoms with Crippen molar-refractivity contribution in [3.63, 3.8) is 0 Å². The van der Waals surface area contributed by atoms with E-state index in [4.69, 9.17) is 4.74 Å². The number of morpholine rings is 1. The third kappa shape index (κ3) is 2.69. The molecular weight excluding hydrogens is 266 g/mol. The summed E-state index contributed by atoms with van der Waals surface area (Å²) >= 11 is 0. The lowest BCUT2D eigenvalue weighted by Gasteiger charge is -2.27. The van der Waals surface area contributed by atoms with Crippen LogP contribution >= 0.6 is 0 Å². The highest BCUT2D eigenvalue weighted by atomic mass is 16.5. The van der Waals surface area contributed by atoms with Crippen LogP contribution in [0.5, 0.6) is 0 Å². The summed E-state index contributed by atoms with van der Waals surface area (Å²) in [6, 6.07) is 6.19. The lowest BCUT2D eigenvalue weighted by atomic mass is 10.1.